The van der Waals surface area contributed by atoms with Crippen LogP contribution in [0.4, 0.5) is 34.1 Å². The molecule has 0 unspecified atom stereocenters. The van der Waals surface area contributed by atoms with E-state index in [-0.39, 0.29) is 44.7 Å². The van der Waals surface area contributed by atoms with E-state index in [4.69, 9.17) is 20.9 Å². The Balaban J connectivity index is 1.32. The summed E-state index contributed by atoms with van der Waals surface area (Å²) in [6, 6.07) is 20.5. The van der Waals surface area contributed by atoms with Gasteiger partial charge in [-0.3, -0.25) is 9.11 Å². The molecule has 0 aromatic heterocycles. The molecule has 0 spiro atoms. The number of hydrogen-bond donors (Lipinski definition) is 6. The fraction of sp³-hybridized carbons (Fsp3) is 0.0588. The molecule has 0 fully saturated rings. The Hall–Kier alpha value is -6.34. The van der Waals surface area contributed by atoms with E-state index in [2.05, 4.69) is 20.5 Å². The summed E-state index contributed by atoms with van der Waals surface area (Å²) in [6.45, 7) is 0. The first kappa shape index (κ1) is 35.5. The van der Waals surface area contributed by atoms with Gasteiger partial charge in [-0.15, -0.1) is 20.5 Å². The second-order valence-electron chi connectivity index (χ2n) is 11.2. The van der Waals surface area contributed by atoms with Crippen LogP contribution >= 0.6 is 0 Å². The lowest BCUT2D eigenvalue weighted by Gasteiger charge is -2.11. The molecule has 0 atom stereocenters. The van der Waals surface area contributed by atoms with Gasteiger partial charge in [-0.25, -0.2) is 0 Å². The standard InChI is InChI=1S/C34H28N6O10S2/c1-49-27-13-17(4-9-24(27)37-39-26-11-7-21-29(51(43,44)45)12-8-23(36)31(21)34(26)42)18-5-10-25(28(14-18)50-2)38-40-32-30(52(46,47)48)15-19-3-6-20(35)16-22(19)33(32)41/h3-16,41-42H,35-36H2,1-2H3,(H,43,44,45)(H,46,47,48). The fourth-order valence-electron chi connectivity index (χ4n) is 5.47. The molecule has 0 aliphatic carbocycles. The Kier molecular flexibility index (Phi) is 9.15. The van der Waals surface area contributed by atoms with Crippen molar-refractivity contribution < 1.29 is 45.6 Å². The molecule has 266 valence electrons. The third kappa shape index (κ3) is 6.73. The second-order valence-corrected chi connectivity index (χ2v) is 14.0. The lowest BCUT2D eigenvalue weighted by atomic mass is 10.0. The molecule has 0 bridgehead atoms. The number of phenolic OH excluding ortho intramolecular Hbond substituents is 2. The lowest BCUT2D eigenvalue weighted by Crippen LogP contribution is -2.00. The predicted octanol–water partition coefficient (Wildman–Crippen LogP) is 7.58. The first-order valence-electron chi connectivity index (χ1n) is 14.8. The van der Waals surface area contributed by atoms with Crippen LogP contribution in [0.15, 0.2) is 115 Å². The number of azo groups is 2. The van der Waals surface area contributed by atoms with Gasteiger partial charge in [0.15, 0.2) is 11.5 Å². The highest BCUT2D eigenvalue weighted by Crippen LogP contribution is 2.44. The predicted molar refractivity (Wildman–Crippen MR) is 193 cm³/mol. The van der Waals surface area contributed by atoms with Crippen molar-refractivity contribution in [1.82, 2.24) is 0 Å². The van der Waals surface area contributed by atoms with E-state index >= 15 is 0 Å². The Morgan fingerprint density at radius 3 is 1.71 bits per heavy atom. The number of methoxy groups -OCH3 is 2. The van der Waals surface area contributed by atoms with Gasteiger partial charge in [-0.2, -0.15) is 16.8 Å². The van der Waals surface area contributed by atoms with Crippen molar-refractivity contribution in [2.45, 2.75) is 9.79 Å². The molecule has 6 aromatic carbocycles. The van der Waals surface area contributed by atoms with Crippen LogP contribution in [0.1, 0.15) is 0 Å². The zero-order chi connectivity index (χ0) is 37.5. The van der Waals surface area contributed by atoms with Crippen molar-refractivity contribution >= 4 is 75.9 Å². The summed E-state index contributed by atoms with van der Waals surface area (Å²) < 4.78 is 78.5. The van der Waals surface area contributed by atoms with E-state index < -0.39 is 47.2 Å². The smallest absolute Gasteiger partial charge is 0.296 e. The largest absolute Gasteiger partial charge is 0.505 e. The third-order valence-electron chi connectivity index (χ3n) is 7.97. The fourth-order valence-corrected chi connectivity index (χ4v) is 6.81. The Bertz CT molecular complexity index is 2720. The lowest BCUT2D eigenvalue weighted by molar-refractivity contribution is 0.415. The van der Waals surface area contributed by atoms with Gasteiger partial charge in [0.25, 0.3) is 20.2 Å². The number of ether oxygens (including phenoxy) is 2. The molecule has 0 heterocycles. The number of anilines is 2. The average molecular weight is 745 g/mol. The first-order chi connectivity index (χ1) is 24.6. The highest BCUT2D eigenvalue weighted by atomic mass is 32.2. The van der Waals surface area contributed by atoms with Crippen molar-refractivity contribution in [2.24, 2.45) is 20.5 Å². The quantitative estimate of drug-likeness (QED) is 0.0475. The zero-order valence-electron chi connectivity index (χ0n) is 27.1. The van der Waals surface area contributed by atoms with Crippen molar-refractivity contribution in [3.05, 3.63) is 84.9 Å². The summed E-state index contributed by atoms with van der Waals surface area (Å²) in [5.41, 5.74) is 13.4. The Labute approximate surface area is 295 Å². The minimum absolute atomic E-state index is 0.00380. The van der Waals surface area contributed by atoms with Gasteiger partial charge in [-0.1, -0.05) is 24.3 Å². The molecule has 6 rings (SSSR count). The molecule has 0 saturated carbocycles. The molecule has 0 saturated heterocycles. The molecule has 0 amide bonds. The van der Waals surface area contributed by atoms with E-state index in [1.54, 1.807) is 36.4 Å². The number of nitrogen functional groups attached to an aromatic ring is 2. The summed E-state index contributed by atoms with van der Waals surface area (Å²) in [7, 11) is -6.61. The third-order valence-corrected chi connectivity index (χ3v) is 9.75. The highest BCUT2D eigenvalue weighted by molar-refractivity contribution is 7.86. The van der Waals surface area contributed by atoms with Gasteiger partial charge in [0.2, 0.25) is 0 Å². The summed E-state index contributed by atoms with van der Waals surface area (Å²) in [4.78, 5) is -1.08. The number of aromatic hydroxyl groups is 2. The summed E-state index contributed by atoms with van der Waals surface area (Å²) in [5.74, 6) is -0.473. The van der Waals surface area contributed by atoms with Crippen LogP contribution in [0.5, 0.6) is 23.0 Å². The minimum Gasteiger partial charge on any atom is -0.505 e. The van der Waals surface area contributed by atoms with E-state index in [9.17, 15) is 36.2 Å². The minimum atomic E-state index is -4.82. The summed E-state index contributed by atoms with van der Waals surface area (Å²) in [5, 5.41) is 38.7. The van der Waals surface area contributed by atoms with Crippen LogP contribution in [-0.2, 0) is 20.2 Å². The van der Waals surface area contributed by atoms with E-state index in [1.807, 2.05) is 0 Å². The maximum absolute atomic E-state index is 12.2. The first-order valence-corrected chi connectivity index (χ1v) is 17.7. The zero-order valence-corrected chi connectivity index (χ0v) is 28.7. The van der Waals surface area contributed by atoms with Crippen LogP contribution in [0.3, 0.4) is 0 Å². The van der Waals surface area contributed by atoms with Gasteiger partial charge in [0, 0.05) is 22.1 Å². The summed E-state index contributed by atoms with van der Waals surface area (Å²) >= 11 is 0. The van der Waals surface area contributed by atoms with Crippen LogP contribution in [0.25, 0.3) is 32.7 Å². The topological polar surface area (TPSA) is 269 Å². The molecular formula is C34H28N6O10S2. The van der Waals surface area contributed by atoms with E-state index in [1.165, 1.54) is 50.6 Å². The highest BCUT2D eigenvalue weighted by Gasteiger charge is 2.23. The molecule has 0 aliphatic heterocycles. The number of rotatable bonds is 9. The van der Waals surface area contributed by atoms with Crippen LogP contribution in [0.2, 0.25) is 0 Å². The number of nitrogens with zero attached hydrogens (tertiary/aromatic N) is 4. The molecule has 0 aliphatic rings. The van der Waals surface area contributed by atoms with Crippen molar-refractivity contribution in [3.8, 4) is 34.1 Å². The van der Waals surface area contributed by atoms with Crippen LogP contribution in [-0.4, -0.2) is 50.4 Å². The monoisotopic (exact) mass is 744 g/mol. The number of fused-ring (bicyclic) bond motifs is 2. The number of benzene rings is 6. The van der Waals surface area contributed by atoms with Gasteiger partial charge >= 0.3 is 0 Å². The maximum Gasteiger partial charge on any atom is 0.296 e. The Morgan fingerprint density at radius 2 is 1.13 bits per heavy atom. The molecule has 8 N–H and O–H groups in total. The van der Waals surface area contributed by atoms with Gasteiger partial charge < -0.3 is 31.2 Å². The molecule has 16 nitrogen and oxygen atoms in total. The van der Waals surface area contributed by atoms with Crippen LogP contribution in [0, 0.1) is 0 Å². The van der Waals surface area contributed by atoms with Gasteiger partial charge in [-0.05, 0) is 77.2 Å². The molecular weight excluding hydrogens is 717 g/mol. The second kappa shape index (κ2) is 13.4. The number of phenols is 2. The maximum atomic E-state index is 12.2. The van der Waals surface area contributed by atoms with Crippen molar-refractivity contribution in [3.63, 3.8) is 0 Å². The van der Waals surface area contributed by atoms with E-state index in [0.29, 0.717) is 28.0 Å². The van der Waals surface area contributed by atoms with Crippen LogP contribution < -0.4 is 20.9 Å². The molecule has 52 heavy (non-hydrogen) atoms. The number of hydrogen-bond acceptors (Lipinski definition) is 14. The van der Waals surface area contributed by atoms with E-state index in [0.717, 1.165) is 12.1 Å². The summed E-state index contributed by atoms with van der Waals surface area (Å²) in [6.07, 6.45) is 0. The van der Waals surface area contributed by atoms with Gasteiger partial charge in [0.05, 0.1) is 19.6 Å². The van der Waals surface area contributed by atoms with Crippen molar-refractivity contribution in [2.75, 3.05) is 25.7 Å². The Morgan fingerprint density at radius 1 is 0.577 bits per heavy atom. The molecule has 6 aromatic rings. The van der Waals surface area contributed by atoms with Crippen molar-refractivity contribution in [1.29, 1.82) is 0 Å². The number of nitrogens with two attached hydrogens (primary N) is 2. The average Bonchev–Trinajstić information content (AvgIpc) is 3.10. The SMILES string of the molecule is COc1cc(-c2ccc(N=Nc3c(S(=O)(=O)O)cc4ccc(N)cc4c3O)c(OC)c2)ccc1N=Nc1ccc2c(S(=O)(=O)O)ccc(N)c2c1O. The molecule has 0 radical (unpaired) electrons. The van der Waals surface area contributed by atoms with Gasteiger partial charge in [0.1, 0.15) is 44.0 Å². The normalized spacial score (nSPS) is 12.3. The molecule has 18 heteroatoms.